The lowest BCUT2D eigenvalue weighted by molar-refractivity contribution is 0.286. The molecule has 0 spiro atoms. The van der Waals surface area contributed by atoms with Crippen LogP contribution in [0.2, 0.25) is 0 Å². The van der Waals surface area contributed by atoms with Crippen LogP contribution in [0.15, 0.2) is 24.3 Å². The first-order valence-electron chi connectivity index (χ1n) is 5.46. The van der Waals surface area contributed by atoms with Crippen LogP contribution in [0.25, 0.3) is 11.3 Å². The Labute approximate surface area is 105 Å². The van der Waals surface area contributed by atoms with Gasteiger partial charge in [0.1, 0.15) is 0 Å². The molecule has 17 heavy (non-hydrogen) atoms. The molecule has 2 rings (SSSR count). The van der Waals surface area contributed by atoms with E-state index in [1.54, 1.807) is 0 Å². The molecule has 0 unspecified atom stereocenters. The Morgan fingerprint density at radius 2 is 1.88 bits per heavy atom. The Hall–Kier alpha value is -1.39. The highest BCUT2D eigenvalue weighted by atomic mass is 32.1. The Morgan fingerprint density at radius 3 is 2.41 bits per heavy atom. The first-order valence-corrected chi connectivity index (χ1v) is 6.28. The number of aromatic nitrogens is 1. The summed E-state index contributed by atoms with van der Waals surface area (Å²) >= 11 is 1.53. The summed E-state index contributed by atoms with van der Waals surface area (Å²) in [5, 5.41) is 10.3. The standard InChI is InChI=1S/C13H16N2OS/c1-9-4-6-10(7-5-9)12-11(8-16)17-13(14-12)15(2)3/h4-7,16H,8H2,1-3H3. The summed E-state index contributed by atoms with van der Waals surface area (Å²) in [6, 6.07) is 8.21. The summed E-state index contributed by atoms with van der Waals surface area (Å²) in [7, 11) is 3.91. The number of hydrogen-bond acceptors (Lipinski definition) is 4. The van der Waals surface area contributed by atoms with Crippen LogP contribution >= 0.6 is 11.3 Å². The predicted octanol–water partition coefficient (Wildman–Crippen LogP) is 2.68. The van der Waals surface area contributed by atoms with Gasteiger partial charge in [0, 0.05) is 19.7 Å². The number of thiazole rings is 1. The van der Waals surface area contributed by atoms with Crippen LogP contribution in [-0.4, -0.2) is 24.2 Å². The van der Waals surface area contributed by atoms with Crippen LogP contribution < -0.4 is 4.90 Å². The lowest BCUT2D eigenvalue weighted by Crippen LogP contribution is -2.07. The third-order valence-electron chi connectivity index (χ3n) is 2.54. The van der Waals surface area contributed by atoms with Gasteiger partial charge in [-0.1, -0.05) is 41.2 Å². The summed E-state index contributed by atoms with van der Waals surface area (Å²) in [6.45, 7) is 2.09. The molecule has 1 aromatic heterocycles. The number of nitrogens with zero attached hydrogens (tertiary/aromatic N) is 2. The molecule has 1 aromatic carbocycles. The summed E-state index contributed by atoms with van der Waals surface area (Å²) in [5.41, 5.74) is 3.17. The fraction of sp³-hybridized carbons (Fsp3) is 0.308. The van der Waals surface area contributed by atoms with E-state index in [2.05, 4.69) is 24.0 Å². The minimum absolute atomic E-state index is 0.0364. The molecule has 90 valence electrons. The third-order valence-corrected chi connectivity index (χ3v) is 3.75. The van der Waals surface area contributed by atoms with Gasteiger partial charge in [-0.15, -0.1) is 0 Å². The van der Waals surface area contributed by atoms with Crippen molar-refractivity contribution in [1.29, 1.82) is 0 Å². The van der Waals surface area contributed by atoms with Gasteiger partial charge in [0.15, 0.2) is 5.13 Å². The fourth-order valence-electron chi connectivity index (χ4n) is 1.57. The maximum Gasteiger partial charge on any atom is 0.185 e. The molecule has 0 atom stereocenters. The molecule has 0 saturated carbocycles. The summed E-state index contributed by atoms with van der Waals surface area (Å²) < 4.78 is 0. The minimum atomic E-state index is 0.0364. The van der Waals surface area contributed by atoms with Gasteiger partial charge in [-0.05, 0) is 6.92 Å². The molecule has 1 heterocycles. The highest BCUT2D eigenvalue weighted by Gasteiger charge is 2.13. The Kier molecular flexibility index (Phi) is 3.45. The first kappa shape index (κ1) is 12.1. The molecule has 3 nitrogen and oxygen atoms in total. The smallest absolute Gasteiger partial charge is 0.185 e. The lowest BCUT2D eigenvalue weighted by atomic mass is 10.1. The lowest BCUT2D eigenvalue weighted by Gasteiger charge is -2.05. The van der Waals surface area contributed by atoms with Crippen LogP contribution in [0.4, 0.5) is 5.13 Å². The molecule has 0 amide bonds. The molecule has 0 fully saturated rings. The van der Waals surface area contributed by atoms with Crippen LogP contribution in [0.3, 0.4) is 0 Å². The van der Waals surface area contributed by atoms with Crippen molar-refractivity contribution >= 4 is 16.5 Å². The average molecular weight is 248 g/mol. The van der Waals surface area contributed by atoms with Gasteiger partial charge in [0.2, 0.25) is 0 Å². The summed E-state index contributed by atoms with van der Waals surface area (Å²) in [6.07, 6.45) is 0. The molecular formula is C13H16N2OS. The molecule has 0 aliphatic heterocycles. The molecule has 0 aliphatic rings. The van der Waals surface area contributed by atoms with Crippen molar-refractivity contribution in [2.45, 2.75) is 13.5 Å². The minimum Gasteiger partial charge on any atom is -0.391 e. The number of aryl methyl sites for hydroxylation is 1. The second kappa shape index (κ2) is 4.85. The van der Waals surface area contributed by atoms with Gasteiger partial charge < -0.3 is 10.0 Å². The van der Waals surface area contributed by atoms with E-state index in [4.69, 9.17) is 0 Å². The van der Waals surface area contributed by atoms with Crippen LogP contribution in [-0.2, 0) is 6.61 Å². The third kappa shape index (κ3) is 2.48. The van der Waals surface area contributed by atoms with Gasteiger partial charge in [0.05, 0.1) is 17.2 Å². The Morgan fingerprint density at radius 1 is 1.24 bits per heavy atom. The molecule has 2 aromatic rings. The van der Waals surface area contributed by atoms with Crippen molar-refractivity contribution < 1.29 is 5.11 Å². The zero-order valence-electron chi connectivity index (χ0n) is 10.3. The van der Waals surface area contributed by atoms with E-state index in [-0.39, 0.29) is 6.61 Å². The quantitative estimate of drug-likeness (QED) is 0.907. The second-order valence-electron chi connectivity index (χ2n) is 4.19. The number of rotatable bonds is 3. The summed E-state index contributed by atoms with van der Waals surface area (Å²) in [4.78, 5) is 7.44. The molecule has 0 bridgehead atoms. The van der Waals surface area contributed by atoms with Crippen molar-refractivity contribution in [3.8, 4) is 11.3 Å². The van der Waals surface area contributed by atoms with Gasteiger partial charge >= 0.3 is 0 Å². The van der Waals surface area contributed by atoms with E-state index in [0.29, 0.717) is 0 Å². The van der Waals surface area contributed by atoms with Gasteiger partial charge in [0.25, 0.3) is 0 Å². The van der Waals surface area contributed by atoms with Gasteiger partial charge in [-0.25, -0.2) is 4.98 Å². The highest BCUT2D eigenvalue weighted by molar-refractivity contribution is 7.16. The van der Waals surface area contributed by atoms with E-state index in [1.807, 2.05) is 31.1 Å². The number of anilines is 1. The van der Waals surface area contributed by atoms with Crippen molar-refractivity contribution in [2.75, 3.05) is 19.0 Å². The van der Waals surface area contributed by atoms with E-state index in [0.717, 1.165) is 21.3 Å². The number of aliphatic hydroxyl groups is 1. The number of hydrogen-bond donors (Lipinski definition) is 1. The Balaban J connectivity index is 2.46. The normalized spacial score (nSPS) is 10.6. The molecule has 4 heteroatoms. The van der Waals surface area contributed by atoms with E-state index < -0.39 is 0 Å². The monoisotopic (exact) mass is 248 g/mol. The second-order valence-corrected chi connectivity index (χ2v) is 5.25. The maximum absolute atomic E-state index is 9.38. The van der Waals surface area contributed by atoms with Crippen LogP contribution in [0, 0.1) is 6.92 Å². The molecular weight excluding hydrogens is 232 g/mol. The van der Waals surface area contributed by atoms with E-state index >= 15 is 0 Å². The molecule has 0 aliphatic carbocycles. The van der Waals surface area contributed by atoms with E-state index in [9.17, 15) is 5.11 Å². The van der Waals surface area contributed by atoms with Crippen molar-refractivity contribution in [2.24, 2.45) is 0 Å². The average Bonchev–Trinajstić information content (AvgIpc) is 2.74. The zero-order chi connectivity index (χ0) is 12.4. The topological polar surface area (TPSA) is 36.4 Å². The van der Waals surface area contributed by atoms with E-state index in [1.165, 1.54) is 16.9 Å². The Bertz CT molecular complexity index is 503. The van der Waals surface area contributed by atoms with Crippen LogP contribution in [0.1, 0.15) is 10.4 Å². The maximum atomic E-state index is 9.38. The number of aliphatic hydroxyl groups excluding tert-OH is 1. The van der Waals surface area contributed by atoms with Crippen molar-refractivity contribution in [1.82, 2.24) is 4.98 Å². The summed E-state index contributed by atoms with van der Waals surface area (Å²) in [5.74, 6) is 0. The molecule has 1 N–H and O–H groups in total. The van der Waals surface area contributed by atoms with Crippen molar-refractivity contribution in [3.05, 3.63) is 34.7 Å². The van der Waals surface area contributed by atoms with Crippen LogP contribution in [0.5, 0.6) is 0 Å². The molecule has 0 radical (unpaired) electrons. The largest absolute Gasteiger partial charge is 0.391 e. The highest BCUT2D eigenvalue weighted by Crippen LogP contribution is 2.32. The van der Waals surface area contributed by atoms with Gasteiger partial charge in [-0.2, -0.15) is 0 Å². The van der Waals surface area contributed by atoms with Gasteiger partial charge in [-0.3, -0.25) is 0 Å². The van der Waals surface area contributed by atoms with Crippen molar-refractivity contribution in [3.63, 3.8) is 0 Å². The number of benzene rings is 1. The SMILES string of the molecule is Cc1ccc(-c2nc(N(C)C)sc2CO)cc1. The zero-order valence-corrected chi connectivity index (χ0v) is 11.1. The fourth-order valence-corrected chi connectivity index (χ4v) is 2.44. The first-order chi connectivity index (χ1) is 8.11. The molecule has 0 saturated heterocycles. The predicted molar refractivity (Wildman–Crippen MR) is 72.5 cm³/mol.